The summed E-state index contributed by atoms with van der Waals surface area (Å²) in [5, 5.41) is 0. The van der Waals surface area contributed by atoms with Gasteiger partial charge in [0.2, 0.25) is 10.5 Å². The molecular weight excluding hydrogens is 152 g/mol. The molecule has 0 aromatic carbocycles. The molecule has 0 aromatic heterocycles. The first-order valence-corrected chi connectivity index (χ1v) is 4.43. The van der Waals surface area contributed by atoms with E-state index in [1.165, 1.54) is 0 Å². The van der Waals surface area contributed by atoms with Crippen LogP contribution >= 0.6 is 0 Å². The topological polar surface area (TPSA) is 9.23 Å². The van der Waals surface area contributed by atoms with E-state index >= 15 is 0 Å². The zero-order valence-corrected chi connectivity index (χ0v) is 9.49. The van der Waals surface area contributed by atoms with E-state index < -0.39 is 0 Å². The normalized spacial score (nSPS) is 14.2. The molecule has 0 aliphatic rings. The highest BCUT2D eigenvalue weighted by molar-refractivity contribution is 5.98. The van der Waals surface area contributed by atoms with Crippen molar-refractivity contribution in [1.82, 2.24) is 0 Å². The largest absolute Gasteiger partial charge is 0.415 e. The van der Waals surface area contributed by atoms with Gasteiger partial charge in [-0.1, -0.05) is 41.5 Å². The minimum absolute atomic E-state index is 0.181. The third-order valence-corrected chi connectivity index (χ3v) is 1.93. The molecule has 3 radical (unpaired) electrons. The molecule has 0 rings (SSSR count). The Kier molecular flexibility index (Phi) is 3.33. The van der Waals surface area contributed by atoms with Gasteiger partial charge >= 0.3 is 0 Å². The van der Waals surface area contributed by atoms with Gasteiger partial charge in [0.1, 0.15) is 0 Å². The van der Waals surface area contributed by atoms with Crippen LogP contribution in [0.2, 0.25) is 0 Å². The van der Waals surface area contributed by atoms with Crippen LogP contribution in [0.5, 0.6) is 0 Å². The van der Waals surface area contributed by atoms with Crippen molar-refractivity contribution in [3.63, 3.8) is 0 Å². The van der Waals surface area contributed by atoms with Gasteiger partial charge in [0.25, 0.3) is 0 Å². The molecule has 1 nitrogen and oxygen atoms in total. The van der Waals surface area contributed by atoms with Crippen molar-refractivity contribution in [2.45, 2.75) is 47.6 Å². The lowest BCUT2D eigenvalue weighted by molar-refractivity contribution is 0.00438. The Bertz CT molecular complexity index is 105. The summed E-state index contributed by atoms with van der Waals surface area (Å²) in [6, 6.07) is 0. The SMILES string of the molecule is CC(C)(C)C(O[Si])C(C)(C)C. The molecule has 0 amide bonds. The molecule has 0 saturated heterocycles. The quantitative estimate of drug-likeness (QED) is 0.551. The predicted octanol–water partition coefficient (Wildman–Crippen LogP) is 2.55. The Labute approximate surface area is 74.1 Å². The van der Waals surface area contributed by atoms with Gasteiger partial charge in [0.05, 0.1) is 6.10 Å². The number of hydrogen-bond donors (Lipinski definition) is 0. The maximum absolute atomic E-state index is 5.28. The highest BCUT2D eigenvalue weighted by atomic mass is 28.2. The second-order valence-electron chi connectivity index (χ2n) is 5.23. The Balaban J connectivity index is 4.43. The van der Waals surface area contributed by atoms with Crippen LogP contribution in [0.25, 0.3) is 0 Å². The molecule has 0 saturated carbocycles. The van der Waals surface area contributed by atoms with Crippen LogP contribution in [0.15, 0.2) is 0 Å². The summed E-state index contributed by atoms with van der Waals surface area (Å²) in [6.07, 6.45) is 0.228. The summed E-state index contributed by atoms with van der Waals surface area (Å²) in [4.78, 5) is 0. The van der Waals surface area contributed by atoms with Crippen LogP contribution in [0.1, 0.15) is 41.5 Å². The molecule has 65 valence electrons. The van der Waals surface area contributed by atoms with E-state index in [1.54, 1.807) is 0 Å². The number of rotatable bonds is 1. The molecule has 0 atom stereocenters. The van der Waals surface area contributed by atoms with Crippen molar-refractivity contribution in [2.75, 3.05) is 0 Å². The zero-order chi connectivity index (χ0) is 9.28. The predicted molar refractivity (Wildman–Crippen MR) is 49.5 cm³/mol. The average molecular weight is 171 g/mol. The first-order valence-electron chi connectivity index (χ1n) is 4.02. The Hall–Kier alpha value is 0.177. The fourth-order valence-electron chi connectivity index (χ4n) is 1.65. The van der Waals surface area contributed by atoms with Gasteiger partial charge in [-0.3, -0.25) is 0 Å². The summed E-state index contributed by atoms with van der Waals surface area (Å²) in [5.41, 5.74) is 0.361. The summed E-state index contributed by atoms with van der Waals surface area (Å²) in [5.74, 6) is 0. The minimum atomic E-state index is 0.181. The van der Waals surface area contributed by atoms with E-state index in [9.17, 15) is 0 Å². The summed E-state index contributed by atoms with van der Waals surface area (Å²) >= 11 is 0. The maximum Gasteiger partial charge on any atom is 0.246 e. The molecule has 0 bridgehead atoms. The van der Waals surface area contributed by atoms with Crippen molar-refractivity contribution in [3.8, 4) is 0 Å². The second-order valence-corrected chi connectivity index (χ2v) is 5.47. The molecule has 0 aromatic rings. The van der Waals surface area contributed by atoms with E-state index in [0.717, 1.165) is 0 Å². The highest BCUT2D eigenvalue weighted by Gasteiger charge is 2.34. The highest BCUT2D eigenvalue weighted by Crippen LogP contribution is 2.35. The van der Waals surface area contributed by atoms with Gasteiger partial charge in [-0.05, 0) is 10.8 Å². The first-order chi connectivity index (χ1) is 4.69. The minimum Gasteiger partial charge on any atom is -0.415 e. The lowest BCUT2D eigenvalue weighted by Crippen LogP contribution is -2.39. The standard InChI is InChI=1S/C9H19OSi/c1-8(2,3)7(10-11)9(4,5)6/h7H,1-6H3. The molecule has 0 unspecified atom stereocenters. The van der Waals surface area contributed by atoms with Crippen LogP contribution in [0.3, 0.4) is 0 Å². The number of hydrogen-bond acceptors (Lipinski definition) is 1. The maximum atomic E-state index is 5.28. The summed E-state index contributed by atoms with van der Waals surface area (Å²) < 4.78 is 5.28. The van der Waals surface area contributed by atoms with E-state index in [4.69, 9.17) is 4.43 Å². The molecule has 0 aliphatic carbocycles. The molecule has 0 N–H and O–H groups in total. The van der Waals surface area contributed by atoms with Crippen LogP contribution < -0.4 is 0 Å². The fraction of sp³-hybridized carbons (Fsp3) is 1.00. The van der Waals surface area contributed by atoms with Gasteiger partial charge in [-0.15, -0.1) is 0 Å². The second kappa shape index (κ2) is 3.28. The third kappa shape index (κ3) is 3.39. The van der Waals surface area contributed by atoms with Crippen molar-refractivity contribution in [3.05, 3.63) is 0 Å². The Morgan fingerprint density at radius 2 is 1.18 bits per heavy atom. The van der Waals surface area contributed by atoms with Crippen LogP contribution in [-0.2, 0) is 4.43 Å². The van der Waals surface area contributed by atoms with Crippen molar-refractivity contribution in [1.29, 1.82) is 0 Å². The van der Waals surface area contributed by atoms with E-state index in [0.29, 0.717) is 0 Å². The van der Waals surface area contributed by atoms with Crippen molar-refractivity contribution >= 4 is 10.5 Å². The molecule has 11 heavy (non-hydrogen) atoms. The lowest BCUT2D eigenvalue weighted by atomic mass is 9.74. The van der Waals surface area contributed by atoms with Crippen molar-refractivity contribution in [2.24, 2.45) is 10.8 Å². The van der Waals surface area contributed by atoms with Crippen molar-refractivity contribution < 1.29 is 4.43 Å². The first kappa shape index (κ1) is 11.2. The summed E-state index contributed by atoms with van der Waals surface area (Å²) in [6.45, 7) is 13.1. The van der Waals surface area contributed by atoms with Gasteiger partial charge in [-0.2, -0.15) is 0 Å². The Morgan fingerprint density at radius 3 is 1.18 bits per heavy atom. The average Bonchev–Trinajstić information content (AvgIpc) is 1.56. The molecular formula is C9H19OSi. The molecule has 0 aliphatic heterocycles. The lowest BCUT2D eigenvalue weighted by Gasteiger charge is -2.39. The Morgan fingerprint density at radius 1 is 0.909 bits per heavy atom. The molecule has 2 heteroatoms. The smallest absolute Gasteiger partial charge is 0.246 e. The van der Waals surface area contributed by atoms with Gasteiger partial charge in [0.15, 0.2) is 0 Å². The van der Waals surface area contributed by atoms with Gasteiger partial charge in [0, 0.05) is 0 Å². The van der Waals surface area contributed by atoms with E-state index in [1.807, 2.05) is 0 Å². The van der Waals surface area contributed by atoms with E-state index in [2.05, 4.69) is 52.0 Å². The molecule has 0 heterocycles. The molecule has 0 spiro atoms. The third-order valence-electron chi connectivity index (χ3n) is 1.69. The summed E-state index contributed by atoms with van der Waals surface area (Å²) in [7, 11) is 3.14. The van der Waals surface area contributed by atoms with Gasteiger partial charge in [-0.25, -0.2) is 0 Å². The van der Waals surface area contributed by atoms with E-state index in [-0.39, 0.29) is 16.9 Å². The zero-order valence-electron chi connectivity index (χ0n) is 8.49. The van der Waals surface area contributed by atoms with Gasteiger partial charge < -0.3 is 4.43 Å². The van der Waals surface area contributed by atoms with Crippen LogP contribution in [0, 0.1) is 10.8 Å². The fourth-order valence-corrected chi connectivity index (χ4v) is 2.36. The monoisotopic (exact) mass is 171 g/mol. The van der Waals surface area contributed by atoms with Crippen LogP contribution in [-0.4, -0.2) is 16.6 Å². The molecule has 0 fully saturated rings. The van der Waals surface area contributed by atoms with Crippen LogP contribution in [0.4, 0.5) is 0 Å².